The van der Waals surface area contributed by atoms with Gasteiger partial charge in [0.2, 0.25) is 0 Å². The second-order valence-electron chi connectivity index (χ2n) is 4.55. The first-order chi connectivity index (χ1) is 9.11. The lowest BCUT2D eigenvalue weighted by molar-refractivity contribution is 0.405. The van der Waals surface area contributed by atoms with Gasteiger partial charge in [0.25, 0.3) is 0 Å². The van der Waals surface area contributed by atoms with Crippen LogP contribution in [0, 0.1) is 0 Å². The molecule has 2 N–H and O–H groups in total. The molecule has 1 aromatic carbocycles. The Balaban J connectivity index is 2.13. The summed E-state index contributed by atoms with van der Waals surface area (Å²) in [7, 11) is 1.63. The van der Waals surface area contributed by atoms with Crippen LogP contribution in [0.15, 0.2) is 35.7 Å². The molecule has 4 heteroatoms. The van der Waals surface area contributed by atoms with Crippen molar-refractivity contribution >= 4 is 11.3 Å². The van der Waals surface area contributed by atoms with Crippen molar-refractivity contribution in [2.75, 3.05) is 7.11 Å². The minimum absolute atomic E-state index is 0.0483. The molecule has 0 aliphatic carbocycles. The van der Waals surface area contributed by atoms with Crippen LogP contribution in [0.25, 0.3) is 0 Å². The van der Waals surface area contributed by atoms with Crippen LogP contribution in [-0.2, 0) is 0 Å². The number of phenols is 1. The Kier molecular flexibility index (Phi) is 4.45. The van der Waals surface area contributed by atoms with Gasteiger partial charge in [-0.2, -0.15) is 0 Å². The van der Waals surface area contributed by atoms with E-state index in [1.807, 2.05) is 19.1 Å². The number of benzene rings is 1. The van der Waals surface area contributed by atoms with Gasteiger partial charge < -0.3 is 15.2 Å². The van der Waals surface area contributed by atoms with Gasteiger partial charge in [0, 0.05) is 22.5 Å². The molecule has 2 rings (SSSR count). The van der Waals surface area contributed by atoms with Gasteiger partial charge in [-0.25, -0.2) is 0 Å². The maximum Gasteiger partial charge on any atom is 0.120 e. The molecule has 0 bridgehead atoms. The summed E-state index contributed by atoms with van der Waals surface area (Å²) in [6.07, 6.45) is 0. The van der Waals surface area contributed by atoms with Crippen LogP contribution in [0.3, 0.4) is 0 Å². The number of thiophene rings is 1. The van der Waals surface area contributed by atoms with Crippen molar-refractivity contribution in [3.05, 3.63) is 46.2 Å². The molecule has 0 fully saturated rings. The third kappa shape index (κ3) is 3.28. The highest BCUT2D eigenvalue weighted by atomic mass is 32.1. The molecule has 2 aromatic rings. The number of hydrogen-bond acceptors (Lipinski definition) is 4. The molecule has 102 valence electrons. The van der Waals surface area contributed by atoms with E-state index in [2.05, 4.69) is 23.7 Å². The summed E-state index contributed by atoms with van der Waals surface area (Å²) < 4.78 is 5.20. The Bertz CT molecular complexity index is 525. The molecule has 1 heterocycles. The largest absolute Gasteiger partial charge is 0.508 e. The van der Waals surface area contributed by atoms with Crippen LogP contribution in [0.1, 0.15) is 36.4 Å². The van der Waals surface area contributed by atoms with Crippen molar-refractivity contribution in [1.29, 1.82) is 0 Å². The molecule has 0 saturated heterocycles. The summed E-state index contributed by atoms with van der Waals surface area (Å²) >= 11 is 1.73. The van der Waals surface area contributed by atoms with E-state index in [4.69, 9.17) is 4.74 Å². The molecule has 2 atom stereocenters. The topological polar surface area (TPSA) is 41.5 Å². The monoisotopic (exact) mass is 277 g/mol. The fraction of sp³-hybridized carbons (Fsp3) is 0.333. The van der Waals surface area contributed by atoms with Crippen LogP contribution in [-0.4, -0.2) is 12.2 Å². The Morgan fingerprint density at radius 2 is 2.00 bits per heavy atom. The van der Waals surface area contributed by atoms with Gasteiger partial charge in [-0.05, 0) is 43.5 Å². The highest BCUT2D eigenvalue weighted by molar-refractivity contribution is 7.10. The van der Waals surface area contributed by atoms with Gasteiger partial charge in [0.15, 0.2) is 0 Å². The number of hydrogen-bond donors (Lipinski definition) is 2. The minimum Gasteiger partial charge on any atom is -0.508 e. The summed E-state index contributed by atoms with van der Waals surface area (Å²) in [6.45, 7) is 4.16. The number of phenolic OH excluding ortho intramolecular Hbond substituents is 1. The number of aromatic hydroxyl groups is 1. The average Bonchev–Trinajstić information content (AvgIpc) is 2.93. The van der Waals surface area contributed by atoms with E-state index < -0.39 is 0 Å². The Labute approximate surface area is 117 Å². The predicted octanol–water partition coefficient (Wildman–Crippen LogP) is 3.87. The summed E-state index contributed by atoms with van der Waals surface area (Å²) in [5.41, 5.74) is 0.850. The third-order valence-electron chi connectivity index (χ3n) is 3.17. The van der Waals surface area contributed by atoms with E-state index in [9.17, 15) is 5.11 Å². The summed E-state index contributed by atoms with van der Waals surface area (Å²) in [6, 6.07) is 9.75. The maximum atomic E-state index is 9.95. The molecule has 3 nitrogen and oxygen atoms in total. The van der Waals surface area contributed by atoms with Gasteiger partial charge in [-0.3, -0.25) is 0 Å². The van der Waals surface area contributed by atoms with E-state index in [1.165, 1.54) is 4.88 Å². The van der Waals surface area contributed by atoms with Crippen LogP contribution < -0.4 is 10.1 Å². The van der Waals surface area contributed by atoms with Gasteiger partial charge in [-0.1, -0.05) is 6.07 Å². The summed E-state index contributed by atoms with van der Waals surface area (Å²) in [5.74, 6) is 1.05. The van der Waals surface area contributed by atoms with Crippen molar-refractivity contribution in [3.63, 3.8) is 0 Å². The molecule has 0 aliphatic heterocycles. The molecule has 1 aromatic heterocycles. The first kappa shape index (κ1) is 13.9. The molecule has 0 spiro atoms. The van der Waals surface area contributed by atoms with E-state index in [-0.39, 0.29) is 12.1 Å². The highest BCUT2D eigenvalue weighted by Crippen LogP contribution is 2.30. The Hall–Kier alpha value is -1.52. The number of rotatable bonds is 5. The quantitative estimate of drug-likeness (QED) is 0.871. The van der Waals surface area contributed by atoms with Crippen LogP contribution in [0.5, 0.6) is 11.5 Å². The zero-order chi connectivity index (χ0) is 13.8. The predicted molar refractivity (Wildman–Crippen MR) is 78.9 cm³/mol. The third-order valence-corrected chi connectivity index (χ3v) is 4.23. The van der Waals surface area contributed by atoms with Gasteiger partial charge in [-0.15, -0.1) is 11.3 Å². The van der Waals surface area contributed by atoms with Crippen LogP contribution in [0.4, 0.5) is 0 Å². The van der Waals surface area contributed by atoms with Gasteiger partial charge in [0.1, 0.15) is 11.5 Å². The van der Waals surface area contributed by atoms with Crippen molar-refractivity contribution in [2.45, 2.75) is 25.9 Å². The van der Waals surface area contributed by atoms with Crippen molar-refractivity contribution in [2.24, 2.45) is 0 Å². The standard InChI is InChI=1S/C15H19NO2S/c1-10(16-11(2)15-5-4-8-19-15)13-9-12(18-3)6-7-14(13)17/h4-11,16-17H,1-3H3/t10?,11-/m1/s1. The van der Waals surface area contributed by atoms with E-state index in [0.29, 0.717) is 5.75 Å². The molecule has 0 saturated carbocycles. The van der Waals surface area contributed by atoms with Crippen molar-refractivity contribution < 1.29 is 9.84 Å². The molecule has 0 aliphatic rings. The fourth-order valence-corrected chi connectivity index (χ4v) is 2.83. The SMILES string of the molecule is COc1ccc(O)c(C(C)N[C@H](C)c2cccs2)c1. The maximum absolute atomic E-state index is 9.95. The fourth-order valence-electron chi connectivity index (χ4n) is 2.09. The smallest absolute Gasteiger partial charge is 0.120 e. The van der Waals surface area contributed by atoms with Gasteiger partial charge >= 0.3 is 0 Å². The zero-order valence-corrected chi connectivity index (χ0v) is 12.2. The first-order valence-electron chi connectivity index (χ1n) is 6.28. The second-order valence-corrected chi connectivity index (χ2v) is 5.53. The van der Waals surface area contributed by atoms with Gasteiger partial charge in [0.05, 0.1) is 7.11 Å². The first-order valence-corrected chi connectivity index (χ1v) is 7.16. The summed E-state index contributed by atoms with van der Waals surface area (Å²) in [5, 5.41) is 15.5. The Morgan fingerprint density at radius 1 is 1.21 bits per heavy atom. The van der Waals surface area contributed by atoms with Crippen molar-refractivity contribution in [1.82, 2.24) is 5.32 Å². The molecule has 1 unspecified atom stereocenters. The molecule has 0 radical (unpaired) electrons. The molecule has 19 heavy (non-hydrogen) atoms. The van der Waals surface area contributed by atoms with Crippen LogP contribution >= 0.6 is 11.3 Å². The number of ether oxygens (including phenoxy) is 1. The minimum atomic E-state index is 0.0483. The number of methoxy groups -OCH3 is 1. The lowest BCUT2D eigenvalue weighted by Gasteiger charge is -2.20. The zero-order valence-electron chi connectivity index (χ0n) is 11.4. The summed E-state index contributed by atoms with van der Waals surface area (Å²) in [4.78, 5) is 1.29. The lowest BCUT2D eigenvalue weighted by Crippen LogP contribution is -2.21. The molecular formula is C15H19NO2S. The highest BCUT2D eigenvalue weighted by Gasteiger charge is 2.15. The molecular weight excluding hydrogens is 258 g/mol. The Morgan fingerprint density at radius 3 is 2.63 bits per heavy atom. The average molecular weight is 277 g/mol. The second kappa shape index (κ2) is 6.08. The van der Waals surface area contributed by atoms with Crippen molar-refractivity contribution in [3.8, 4) is 11.5 Å². The molecule has 0 amide bonds. The van der Waals surface area contributed by atoms with Crippen LogP contribution in [0.2, 0.25) is 0 Å². The van der Waals surface area contributed by atoms with E-state index in [0.717, 1.165) is 11.3 Å². The number of nitrogens with one attached hydrogen (secondary N) is 1. The van der Waals surface area contributed by atoms with E-state index >= 15 is 0 Å². The normalized spacial score (nSPS) is 14.1. The van der Waals surface area contributed by atoms with E-state index in [1.54, 1.807) is 30.6 Å². The lowest BCUT2D eigenvalue weighted by atomic mass is 10.1.